The van der Waals surface area contributed by atoms with Crippen molar-refractivity contribution in [2.24, 2.45) is 0 Å². The van der Waals surface area contributed by atoms with Crippen LogP contribution in [0.4, 0.5) is 14.5 Å². The number of halogens is 2. The smallest absolute Gasteiger partial charge is 0.313 e. The highest BCUT2D eigenvalue weighted by atomic mass is 19.2. The van der Waals surface area contributed by atoms with E-state index < -0.39 is 35.6 Å². The number of nitrogens with one attached hydrogen (secondary N) is 2. The zero-order valence-corrected chi connectivity index (χ0v) is 13.5. The average molecular weight is 348 g/mol. The Balaban J connectivity index is 1.87. The van der Waals surface area contributed by atoms with Crippen LogP contribution in [-0.2, 0) is 9.59 Å². The van der Waals surface area contributed by atoms with Crippen LogP contribution in [0.1, 0.15) is 25.0 Å². The molecule has 0 bridgehead atoms. The van der Waals surface area contributed by atoms with Crippen molar-refractivity contribution in [3.8, 4) is 0 Å². The average Bonchev–Trinajstić information content (AvgIpc) is 2.58. The highest BCUT2D eigenvalue weighted by Gasteiger charge is 2.19. The maximum Gasteiger partial charge on any atom is 0.313 e. The van der Waals surface area contributed by atoms with Crippen LogP contribution in [0.5, 0.6) is 0 Å². The summed E-state index contributed by atoms with van der Waals surface area (Å²) in [7, 11) is 0. The molecule has 2 unspecified atom stereocenters. The predicted molar refractivity (Wildman–Crippen MR) is 88.6 cm³/mol. The van der Waals surface area contributed by atoms with E-state index in [1.807, 2.05) is 6.07 Å². The van der Waals surface area contributed by atoms with Gasteiger partial charge >= 0.3 is 11.8 Å². The van der Waals surface area contributed by atoms with Crippen molar-refractivity contribution in [3.05, 3.63) is 65.7 Å². The number of aliphatic hydroxyl groups is 1. The molecule has 132 valence electrons. The molecule has 0 aliphatic heterocycles. The van der Waals surface area contributed by atoms with Crippen LogP contribution in [0.2, 0.25) is 0 Å². The Kier molecular flexibility index (Phi) is 6.19. The quantitative estimate of drug-likeness (QED) is 0.727. The molecule has 2 amide bonds. The monoisotopic (exact) mass is 348 g/mol. The van der Waals surface area contributed by atoms with Gasteiger partial charge in [-0.15, -0.1) is 0 Å². The molecule has 2 atom stereocenters. The molecule has 0 aromatic heterocycles. The minimum Gasteiger partial charge on any atom is -0.388 e. The summed E-state index contributed by atoms with van der Waals surface area (Å²) < 4.78 is 25.9. The Hall–Kier alpha value is -2.80. The third-order valence-corrected chi connectivity index (χ3v) is 3.52. The molecule has 2 aromatic carbocycles. The largest absolute Gasteiger partial charge is 0.388 e. The third-order valence-electron chi connectivity index (χ3n) is 3.52. The Morgan fingerprint density at radius 3 is 2.36 bits per heavy atom. The molecule has 0 fully saturated rings. The van der Waals surface area contributed by atoms with E-state index in [0.29, 0.717) is 5.56 Å². The summed E-state index contributed by atoms with van der Waals surface area (Å²) in [6.07, 6.45) is -0.570. The maximum absolute atomic E-state index is 13.1. The van der Waals surface area contributed by atoms with E-state index in [0.717, 1.165) is 18.2 Å². The van der Waals surface area contributed by atoms with Gasteiger partial charge in [0.05, 0.1) is 6.10 Å². The van der Waals surface area contributed by atoms with Crippen LogP contribution in [0, 0.1) is 11.6 Å². The summed E-state index contributed by atoms with van der Waals surface area (Å²) in [6, 6.07) is 11.2. The van der Waals surface area contributed by atoms with Gasteiger partial charge in [0.2, 0.25) is 0 Å². The molecule has 0 radical (unpaired) electrons. The third kappa shape index (κ3) is 5.36. The molecule has 0 spiro atoms. The molecule has 2 rings (SSSR count). The fraction of sp³-hybridized carbons (Fsp3) is 0.222. The van der Waals surface area contributed by atoms with Crippen LogP contribution in [0.25, 0.3) is 0 Å². The van der Waals surface area contributed by atoms with Crippen molar-refractivity contribution in [1.82, 2.24) is 5.32 Å². The van der Waals surface area contributed by atoms with Gasteiger partial charge in [0, 0.05) is 17.8 Å². The van der Waals surface area contributed by atoms with Crippen LogP contribution in [0.3, 0.4) is 0 Å². The molecule has 25 heavy (non-hydrogen) atoms. The number of benzene rings is 2. The molecule has 0 heterocycles. The molecule has 5 nitrogen and oxygen atoms in total. The van der Waals surface area contributed by atoms with Gasteiger partial charge < -0.3 is 15.7 Å². The standard InChI is InChI=1S/C18H18F2N2O3/c1-11(9-16(23)12-5-3-2-4-6-12)21-17(24)18(25)22-13-7-8-14(19)15(20)10-13/h2-8,10-11,16,23H,9H2,1H3,(H,21,24)(H,22,25). The normalized spacial score (nSPS) is 13.0. The lowest BCUT2D eigenvalue weighted by Crippen LogP contribution is -2.41. The van der Waals surface area contributed by atoms with Gasteiger partial charge in [-0.05, 0) is 31.0 Å². The van der Waals surface area contributed by atoms with Gasteiger partial charge in [0.25, 0.3) is 0 Å². The van der Waals surface area contributed by atoms with Crippen molar-refractivity contribution in [3.63, 3.8) is 0 Å². The van der Waals surface area contributed by atoms with E-state index in [1.54, 1.807) is 31.2 Å². The fourth-order valence-corrected chi connectivity index (χ4v) is 2.26. The molecule has 0 saturated heterocycles. The van der Waals surface area contributed by atoms with Crippen molar-refractivity contribution in [1.29, 1.82) is 0 Å². The second-order valence-corrected chi connectivity index (χ2v) is 5.62. The number of rotatable bonds is 5. The number of hydrogen-bond donors (Lipinski definition) is 3. The summed E-state index contributed by atoms with van der Waals surface area (Å²) in [5.74, 6) is -4.12. The van der Waals surface area contributed by atoms with Gasteiger partial charge in [-0.25, -0.2) is 8.78 Å². The molecule has 2 aromatic rings. The highest BCUT2D eigenvalue weighted by Crippen LogP contribution is 2.17. The van der Waals surface area contributed by atoms with Crippen LogP contribution in [0.15, 0.2) is 48.5 Å². The molecule has 0 saturated carbocycles. The first-order valence-electron chi connectivity index (χ1n) is 7.66. The van der Waals surface area contributed by atoms with Crippen molar-refractivity contribution < 1.29 is 23.5 Å². The van der Waals surface area contributed by atoms with Crippen LogP contribution in [-0.4, -0.2) is 23.0 Å². The summed E-state index contributed by atoms with van der Waals surface area (Å²) >= 11 is 0. The van der Waals surface area contributed by atoms with Crippen molar-refractivity contribution in [2.45, 2.75) is 25.5 Å². The SMILES string of the molecule is CC(CC(O)c1ccccc1)NC(=O)C(=O)Nc1ccc(F)c(F)c1. The first-order valence-corrected chi connectivity index (χ1v) is 7.66. The van der Waals surface area contributed by atoms with E-state index in [4.69, 9.17) is 0 Å². The lowest BCUT2D eigenvalue weighted by Gasteiger charge is -2.18. The Morgan fingerprint density at radius 2 is 1.72 bits per heavy atom. The second kappa shape index (κ2) is 8.34. The van der Waals surface area contributed by atoms with E-state index in [-0.39, 0.29) is 12.1 Å². The summed E-state index contributed by atoms with van der Waals surface area (Å²) in [5.41, 5.74) is 0.672. The zero-order valence-electron chi connectivity index (χ0n) is 13.5. The van der Waals surface area contributed by atoms with E-state index in [1.165, 1.54) is 0 Å². The Bertz CT molecular complexity index is 753. The number of hydrogen-bond acceptors (Lipinski definition) is 3. The summed E-state index contributed by atoms with van der Waals surface area (Å²) in [6.45, 7) is 1.65. The molecule has 0 aliphatic carbocycles. The number of aliphatic hydroxyl groups excluding tert-OH is 1. The molecule has 3 N–H and O–H groups in total. The second-order valence-electron chi connectivity index (χ2n) is 5.62. The predicted octanol–water partition coefficient (Wildman–Crippen LogP) is 2.53. The number of amides is 2. The molecular formula is C18H18F2N2O3. The van der Waals surface area contributed by atoms with E-state index >= 15 is 0 Å². The summed E-state index contributed by atoms with van der Waals surface area (Å²) in [4.78, 5) is 23.7. The highest BCUT2D eigenvalue weighted by molar-refractivity contribution is 6.39. The van der Waals surface area contributed by atoms with E-state index in [2.05, 4.69) is 10.6 Å². The van der Waals surface area contributed by atoms with Gasteiger partial charge in [-0.3, -0.25) is 9.59 Å². The van der Waals surface area contributed by atoms with Gasteiger partial charge in [-0.1, -0.05) is 30.3 Å². The lowest BCUT2D eigenvalue weighted by atomic mass is 10.0. The van der Waals surface area contributed by atoms with Gasteiger partial charge in [0.1, 0.15) is 0 Å². The molecular weight excluding hydrogens is 330 g/mol. The minimum absolute atomic E-state index is 0.0315. The topological polar surface area (TPSA) is 78.4 Å². The first kappa shape index (κ1) is 18.5. The van der Waals surface area contributed by atoms with Gasteiger partial charge in [0.15, 0.2) is 11.6 Å². The lowest BCUT2D eigenvalue weighted by molar-refractivity contribution is -0.136. The first-order chi connectivity index (χ1) is 11.9. The Labute approximate surface area is 143 Å². The summed E-state index contributed by atoms with van der Waals surface area (Å²) in [5, 5.41) is 14.7. The Morgan fingerprint density at radius 1 is 1.04 bits per heavy atom. The van der Waals surface area contributed by atoms with Crippen molar-refractivity contribution in [2.75, 3.05) is 5.32 Å². The number of anilines is 1. The minimum atomic E-state index is -1.13. The number of carbonyl (C=O) groups excluding carboxylic acids is 2. The van der Waals surface area contributed by atoms with Crippen LogP contribution >= 0.6 is 0 Å². The van der Waals surface area contributed by atoms with Crippen LogP contribution < -0.4 is 10.6 Å². The zero-order chi connectivity index (χ0) is 18.4. The van der Waals surface area contributed by atoms with Gasteiger partial charge in [-0.2, -0.15) is 0 Å². The number of carbonyl (C=O) groups is 2. The van der Waals surface area contributed by atoms with Crippen molar-refractivity contribution >= 4 is 17.5 Å². The van der Waals surface area contributed by atoms with E-state index in [9.17, 15) is 23.5 Å². The maximum atomic E-state index is 13.1. The molecule has 0 aliphatic rings. The molecule has 7 heteroatoms. The fourth-order valence-electron chi connectivity index (χ4n) is 2.26.